The number of rotatable bonds is 4. The number of H-pyrrole nitrogens is 1. The summed E-state index contributed by atoms with van der Waals surface area (Å²) in [6.45, 7) is 0. The zero-order valence-electron chi connectivity index (χ0n) is 11.6. The minimum absolute atomic E-state index is 0.104. The summed E-state index contributed by atoms with van der Waals surface area (Å²) in [5.74, 6) is -0.362. The lowest BCUT2D eigenvalue weighted by atomic mass is 10.5. The van der Waals surface area contributed by atoms with Crippen LogP contribution in [0.15, 0.2) is 28.2 Å². The fourth-order valence-corrected chi connectivity index (χ4v) is 2.39. The average molecular weight is 356 g/mol. The molecule has 15 heteroatoms. The second-order valence-corrected chi connectivity index (χ2v) is 5.55. The Balaban J connectivity index is 1.93. The van der Waals surface area contributed by atoms with Gasteiger partial charge in [0.2, 0.25) is 11.6 Å². The van der Waals surface area contributed by atoms with Crippen LogP contribution in [-0.2, 0) is 4.57 Å². The second-order valence-electron chi connectivity index (χ2n) is 4.29. The highest BCUT2D eigenvalue weighted by atomic mass is 31.2. The Bertz CT molecular complexity index is 1090. The number of phosphoric acid groups is 1. The number of nitrogens with two attached hydrogens (primary N) is 2. The van der Waals surface area contributed by atoms with Crippen molar-refractivity contribution in [3.8, 4) is 0 Å². The maximum Gasteiger partial charge on any atom is 0.624 e. The Morgan fingerprint density at radius 3 is 2.62 bits per heavy atom. The van der Waals surface area contributed by atoms with E-state index in [0.29, 0.717) is 9.46 Å². The monoisotopic (exact) mass is 356 g/mol. The molecule has 1 unspecified atom stereocenters. The zero-order valence-corrected chi connectivity index (χ0v) is 12.5. The van der Waals surface area contributed by atoms with E-state index in [-0.39, 0.29) is 22.9 Å². The van der Waals surface area contributed by atoms with Crippen LogP contribution in [-0.4, -0.2) is 34.3 Å². The molecule has 0 fully saturated rings. The van der Waals surface area contributed by atoms with E-state index in [0.717, 1.165) is 18.6 Å². The topological polar surface area (TPSA) is 206 Å². The first-order valence-electron chi connectivity index (χ1n) is 6.06. The molecule has 14 nitrogen and oxygen atoms in total. The summed E-state index contributed by atoms with van der Waals surface area (Å²) < 4.78 is 22.2. The van der Waals surface area contributed by atoms with E-state index >= 15 is 0 Å². The van der Waals surface area contributed by atoms with Crippen molar-refractivity contribution in [3.63, 3.8) is 0 Å². The number of nitrogens with one attached hydrogen (secondary N) is 1. The van der Waals surface area contributed by atoms with Gasteiger partial charge in [-0.2, -0.15) is 9.97 Å². The number of fused-ring (bicyclic) bond motifs is 1. The Hall–Kier alpha value is -3.38. The highest BCUT2D eigenvalue weighted by molar-refractivity contribution is 7.47. The third-order valence-electron chi connectivity index (χ3n) is 2.57. The number of aromatic nitrogens is 6. The molecule has 0 aliphatic heterocycles. The van der Waals surface area contributed by atoms with Crippen LogP contribution in [0.25, 0.3) is 11.2 Å². The van der Waals surface area contributed by atoms with Gasteiger partial charge in [0.05, 0.1) is 6.20 Å². The lowest BCUT2D eigenvalue weighted by Gasteiger charge is -2.13. The van der Waals surface area contributed by atoms with E-state index in [1.807, 2.05) is 0 Å². The standard InChI is InChI=1S/C9H9N8O6P/c10-4-1-2-16(9(19)13-4)22-24(20,21)23-17-3-12-5-6(17)14-8(11)15-7(5)18/h1-3H,(H,20,21)(H2,10,13,19)(H3,11,14,15,18). The zero-order chi connectivity index (χ0) is 17.5. The molecule has 0 aliphatic rings. The number of anilines is 2. The van der Waals surface area contributed by atoms with Crippen molar-refractivity contribution in [2.45, 2.75) is 0 Å². The van der Waals surface area contributed by atoms with Gasteiger partial charge < -0.3 is 11.5 Å². The molecule has 3 aromatic rings. The Morgan fingerprint density at radius 1 is 1.21 bits per heavy atom. The van der Waals surface area contributed by atoms with Gasteiger partial charge in [0.25, 0.3) is 5.56 Å². The normalized spacial score (nSPS) is 13.5. The van der Waals surface area contributed by atoms with E-state index < -0.39 is 19.1 Å². The number of imidazole rings is 1. The summed E-state index contributed by atoms with van der Waals surface area (Å²) >= 11 is 0. The van der Waals surface area contributed by atoms with Gasteiger partial charge in [-0.3, -0.25) is 23.9 Å². The minimum Gasteiger partial charge on any atom is -0.383 e. The Kier molecular flexibility index (Phi) is 3.47. The van der Waals surface area contributed by atoms with Gasteiger partial charge in [0.1, 0.15) is 12.1 Å². The first-order valence-corrected chi connectivity index (χ1v) is 7.56. The average Bonchev–Trinajstić information content (AvgIpc) is 2.84. The van der Waals surface area contributed by atoms with Crippen molar-refractivity contribution in [2.75, 3.05) is 11.5 Å². The molecule has 0 bridgehead atoms. The summed E-state index contributed by atoms with van der Waals surface area (Å²) in [7, 11) is -4.87. The van der Waals surface area contributed by atoms with Crippen LogP contribution in [0, 0.1) is 0 Å². The molecular formula is C9H9N8O6P. The molecule has 3 aromatic heterocycles. The van der Waals surface area contributed by atoms with Gasteiger partial charge in [-0.05, 0) is 0 Å². The molecule has 0 aromatic carbocycles. The molecule has 1 atom stereocenters. The predicted molar refractivity (Wildman–Crippen MR) is 78.5 cm³/mol. The number of nitrogens with zero attached hydrogens (tertiary/aromatic N) is 5. The number of hydrogen-bond acceptors (Lipinski definition) is 10. The van der Waals surface area contributed by atoms with Crippen molar-refractivity contribution in [1.29, 1.82) is 0 Å². The van der Waals surface area contributed by atoms with Crippen molar-refractivity contribution in [1.82, 2.24) is 29.4 Å². The van der Waals surface area contributed by atoms with E-state index in [1.54, 1.807) is 0 Å². The van der Waals surface area contributed by atoms with Crippen LogP contribution in [0.4, 0.5) is 11.8 Å². The molecule has 0 saturated heterocycles. The molecule has 0 amide bonds. The second kappa shape index (κ2) is 5.36. The van der Waals surface area contributed by atoms with Crippen LogP contribution in [0.5, 0.6) is 0 Å². The fraction of sp³-hybridized carbons (Fsp3) is 0. The molecule has 0 aliphatic carbocycles. The molecule has 24 heavy (non-hydrogen) atoms. The minimum atomic E-state index is -4.87. The highest BCUT2D eigenvalue weighted by Crippen LogP contribution is 2.35. The lowest BCUT2D eigenvalue weighted by Crippen LogP contribution is -2.29. The predicted octanol–water partition coefficient (Wildman–Crippen LogP) is -2.50. The first kappa shape index (κ1) is 15.5. The van der Waals surface area contributed by atoms with E-state index in [9.17, 15) is 19.0 Å². The van der Waals surface area contributed by atoms with E-state index in [1.165, 1.54) is 0 Å². The third-order valence-corrected chi connectivity index (χ3v) is 3.34. The van der Waals surface area contributed by atoms with E-state index in [4.69, 9.17) is 16.1 Å². The summed E-state index contributed by atoms with van der Waals surface area (Å²) in [6.07, 6.45) is 1.88. The van der Waals surface area contributed by atoms with Gasteiger partial charge in [-0.25, -0.2) is 14.3 Å². The largest absolute Gasteiger partial charge is 0.624 e. The van der Waals surface area contributed by atoms with Gasteiger partial charge in [0, 0.05) is 6.07 Å². The smallest absolute Gasteiger partial charge is 0.383 e. The molecule has 3 rings (SSSR count). The Labute approximate surface area is 130 Å². The lowest BCUT2D eigenvalue weighted by molar-refractivity contribution is 0.124. The van der Waals surface area contributed by atoms with Gasteiger partial charge in [-0.15, -0.1) is 9.46 Å². The number of aromatic amines is 1. The van der Waals surface area contributed by atoms with Crippen molar-refractivity contribution in [2.24, 2.45) is 0 Å². The highest BCUT2D eigenvalue weighted by Gasteiger charge is 2.29. The fourth-order valence-electron chi connectivity index (χ4n) is 1.67. The Morgan fingerprint density at radius 2 is 1.92 bits per heavy atom. The maximum atomic E-state index is 12.0. The molecule has 0 saturated carbocycles. The quantitative estimate of drug-likeness (QED) is 0.359. The molecule has 126 valence electrons. The van der Waals surface area contributed by atoms with Crippen LogP contribution in [0.1, 0.15) is 0 Å². The SMILES string of the molecule is Nc1ccn(OP(=O)(O)On2cnc3c(=O)[nH]c(N)nc32)c(=O)n1. The van der Waals surface area contributed by atoms with Gasteiger partial charge >= 0.3 is 13.5 Å². The summed E-state index contributed by atoms with van der Waals surface area (Å²) in [5.41, 5.74) is 8.54. The number of hydrogen-bond donors (Lipinski definition) is 4. The molecular weight excluding hydrogens is 347 g/mol. The molecule has 0 spiro atoms. The summed E-state index contributed by atoms with van der Waals surface area (Å²) in [4.78, 5) is 45.7. The molecule has 0 radical (unpaired) electrons. The van der Waals surface area contributed by atoms with Crippen LogP contribution in [0.3, 0.4) is 0 Å². The van der Waals surface area contributed by atoms with Crippen LogP contribution in [0.2, 0.25) is 0 Å². The van der Waals surface area contributed by atoms with Gasteiger partial charge in [-0.1, -0.05) is 0 Å². The van der Waals surface area contributed by atoms with Crippen molar-refractivity contribution in [3.05, 3.63) is 39.4 Å². The summed E-state index contributed by atoms with van der Waals surface area (Å²) in [6, 6.07) is 1.16. The molecule has 6 N–H and O–H groups in total. The summed E-state index contributed by atoms with van der Waals surface area (Å²) in [5, 5.41) is 0. The van der Waals surface area contributed by atoms with Gasteiger partial charge in [0.15, 0.2) is 5.52 Å². The third kappa shape index (κ3) is 2.90. The first-order chi connectivity index (χ1) is 11.2. The van der Waals surface area contributed by atoms with Crippen molar-refractivity contribution < 1.29 is 18.7 Å². The molecule has 3 heterocycles. The number of nitrogen functional groups attached to an aromatic ring is 2. The van der Waals surface area contributed by atoms with Crippen LogP contribution >= 0.6 is 7.82 Å². The van der Waals surface area contributed by atoms with Crippen LogP contribution < -0.4 is 32.0 Å². The maximum absolute atomic E-state index is 12.0. The van der Waals surface area contributed by atoms with E-state index in [2.05, 4.69) is 24.6 Å². The van der Waals surface area contributed by atoms with Crippen molar-refractivity contribution >= 4 is 30.8 Å².